The Bertz CT molecular complexity index is 1220. The summed E-state index contributed by atoms with van der Waals surface area (Å²) in [5, 5.41) is 2.24. The van der Waals surface area contributed by atoms with Gasteiger partial charge in [0.15, 0.2) is 0 Å². The standard InChI is InChI=1S/C25H19NO/c26-24(19-15-13-18(14-16-19)17-7-2-1-3-8-17)22-11-6-10-21-20-9-4-5-12-23(20)27-25(21)22/h1-16,24H,26H2. The molecule has 4 aromatic carbocycles. The van der Waals surface area contributed by atoms with Crippen molar-refractivity contribution in [1.29, 1.82) is 0 Å². The largest absolute Gasteiger partial charge is 0.456 e. The predicted octanol–water partition coefficient (Wildman–Crippen LogP) is 6.30. The molecule has 0 aliphatic carbocycles. The Morgan fingerprint density at radius 3 is 2.07 bits per heavy atom. The van der Waals surface area contributed by atoms with Gasteiger partial charge in [-0.25, -0.2) is 0 Å². The molecule has 0 spiro atoms. The fraction of sp³-hybridized carbons (Fsp3) is 0.0400. The number of hydrogen-bond acceptors (Lipinski definition) is 2. The van der Waals surface area contributed by atoms with Crippen LogP contribution >= 0.6 is 0 Å². The van der Waals surface area contributed by atoms with Crippen LogP contribution < -0.4 is 5.73 Å². The minimum absolute atomic E-state index is 0.237. The molecular weight excluding hydrogens is 330 g/mol. The first-order valence-electron chi connectivity index (χ1n) is 9.12. The Morgan fingerprint density at radius 1 is 0.593 bits per heavy atom. The Balaban J connectivity index is 1.57. The highest BCUT2D eigenvalue weighted by Gasteiger charge is 2.16. The number of furan rings is 1. The summed E-state index contributed by atoms with van der Waals surface area (Å²) in [4.78, 5) is 0. The van der Waals surface area contributed by atoms with Crippen molar-refractivity contribution in [2.75, 3.05) is 0 Å². The Hall–Kier alpha value is -3.36. The Kier molecular flexibility index (Phi) is 3.77. The minimum Gasteiger partial charge on any atom is -0.456 e. The van der Waals surface area contributed by atoms with Crippen molar-refractivity contribution in [2.24, 2.45) is 5.73 Å². The molecule has 130 valence electrons. The minimum atomic E-state index is -0.237. The number of para-hydroxylation sites is 2. The maximum absolute atomic E-state index is 6.63. The molecule has 0 aliphatic heterocycles. The van der Waals surface area contributed by atoms with E-state index in [4.69, 9.17) is 10.2 Å². The summed E-state index contributed by atoms with van der Waals surface area (Å²) in [6.45, 7) is 0. The van der Waals surface area contributed by atoms with Gasteiger partial charge in [0.2, 0.25) is 0 Å². The molecule has 5 rings (SSSR count). The molecule has 0 aliphatic rings. The number of fused-ring (bicyclic) bond motifs is 3. The second-order valence-corrected chi connectivity index (χ2v) is 6.79. The van der Waals surface area contributed by atoms with Crippen molar-refractivity contribution in [3.63, 3.8) is 0 Å². The summed E-state index contributed by atoms with van der Waals surface area (Å²) in [7, 11) is 0. The number of rotatable bonds is 3. The van der Waals surface area contributed by atoms with E-state index in [0.29, 0.717) is 0 Å². The van der Waals surface area contributed by atoms with E-state index in [2.05, 4.69) is 72.8 Å². The van der Waals surface area contributed by atoms with E-state index in [1.54, 1.807) is 0 Å². The monoisotopic (exact) mass is 349 g/mol. The molecule has 0 saturated carbocycles. The van der Waals surface area contributed by atoms with E-state index in [1.165, 1.54) is 11.1 Å². The van der Waals surface area contributed by atoms with Gasteiger partial charge in [-0.15, -0.1) is 0 Å². The highest BCUT2D eigenvalue weighted by atomic mass is 16.3. The van der Waals surface area contributed by atoms with Gasteiger partial charge in [-0.3, -0.25) is 0 Å². The van der Waals surface area contributed by atoms with Crippen LogP contribution in [-0.4, -0.2) is 0 Å². The second kappa shape index (κ2) is 6.42. The van der Waals surface area contributed by atoms with E-state index in [9.17, 15) is 0 Å². The van der Waals surface area contributed by atoms with E-state index in [1.807, 2.05) is 24.3 Å². The van der Waals surface area contributed by atoms with Gasteiger partial charge in [0, 0.05) is 16.3 Å². The van der Waals surface area contributed by atoms with Crippen LogP contribution in [-0.2, 0) is 0 Å². The van der Waals surface area contributed by atoms with Gasteiger partial charge >= 0.3 is 0 Å². The lowest BCUT2D eigenvalue weighted by molar-refractivity contribution is 0.657. The first-order valence-corrected chi connectivity index (χ1v) is 9.12. The molecular formula is C25H19NO. The molecule has 0 radical (unpaired) electrons. The summed E-state index contributed by atoms with van der Waals surface area (Å²) in [5.74, 6) is 0. The molecule has 1 atom stereocenters. The lowest BCUT2D eigenvalue weighted by atomic mass is 9.95. The molecule has 1 aromatic heterocycles. The number of nitrogens with two attached hydrogens (primary N) is 1. The van der Waals surface area contributed by atoms with Crippen LogP contribution in [0, 0.1) is 0 Å². The van der Waals surface area contributed by atoms with E-state index in [0.717, 1.165) is 33.1 Å². The van der Waals surface area contributed by atoms with Crippen LogP contribution in [0.2, 0.25) is 0 Å². The van der Waals surface area contributed by atoms with Crippen molar-refractivity contribution in [1.82, 2.24) is 0 Å². The van der Waals surface area contributed by atoms with Gasteiger partial charge in [-0.05, 0) is 22.8 Å². The maximum Gasteiger partial charge on any atom is 0.140 e. The van der Waals surface area contributed by atoms with Gasteiger partial charge in [0.05, 0.1) is 6.04 Å². The Labute approximate surface area is 157 Å². The van der Waals surface area contributed by atoms with Crippen LogP contribution in [0.15, 0.2) is 101 Å². The number of benzene rings is 4. The van der Waals surface area contributed by atoms with Crippen LogP contribution in [0.1, 0.15) is 17.2 Å². The summed E-state index contributed by atoms with van der Waals surface area (Å²) >= 11 is 0. The fourth-order valence-electron chi connectivity index (χ4n) is 3.71. The molecule has 0 saturated heterocycles. The van der Waals surface area contributed by atoms with Crippen molar-refractivity contribution < 1.29 is 4.42 Å². The van der Waals surface area contributed by atoms with Gasteiger partial charge in [-0.1, -0.05) is 91.0 Å². The van der Waals surface area contributed by atoms with Gasteiger partial charge < -0.3 is 10.2 Å². The van der Waals surface area contributed by atoms with Crippen LogP contribution in [0.5, 0.6) is 0 Å². The van der Waals surface area contributed by atoms with Crippen LogP contribution in [0.25, 0.3) is 33.1 Å². The van der Waals surface area contributed by atoms with E-state index < -0.39 is 0 Å². The molecule has 27 heavy (non-hydrogen) atoms. The third-order valence-electron chi connectivity index (χ3n) is 5.15. The molecule has 5 aromatic rings. The molecule has 2 nitrogen and oxygen atoms in total. The lowest BCUT2D eigenvalue weighted by Gasteiger charge is -2.14. The van der Waals surface area contributed by atoms with Crippen LogP contribution in [0.3, 0.4) is 0 Å². The SMILES string of the molecule is NC(c1ccc(-c2ccccc2)cc1)c1cccc2c1oc1ccccc12. The molecule has 2 heteroatoms. The van der Waals surface area contributed by atoms with Crippen molar-refractivity contribution >= 4 is 21.9 Å². The average Bonchev–Trinajstić information content (AvgIpc) is 3.13. The van der Waals surface area contributed by atoms with Crippen LogP contribution in [0.4, 0.5) is 0 Å². The molecule has 0 fully saturated rings. The average molecular weight is 349 g/mol. The summed E-state index contributed by atoms with van der Waals surface area (Å²) in [5.41, 5.74) is 12.9. The highest BCUT2D eigenvalue weighted by molar-refractivity contribution is 6.06. The van der Waals surface area contributed by atoms with E-state index in [-0.39, 0.29) is 6.04 Å². The van der Waals surface area contributed by atoms with Crippen molar-refractivity contribution in [2.45, 2.75) is 6.04 Å². The predicted molar refractivity (Wildman–Crippen MR) is 112 cm³/mol. The molecule has 0 amide bonds. The fourth-order valence-corrected chi connectivity index (χ4v) is 3.71. The molecule has 1 unspecified atom stereocenters. The third kappa shape index (κ3) is 2.71. The van der Waals surface area contributed by atoms with E-state index >= 15 is 0 Å². The normalized spacial score (nSPS) is 12.5. The summed E-state index contributed by atoms with van der Waals surface area (Å²) in [6.07, 6.45) is 0. The molecule has 0 bridgehead atoms. The topological polar surface area (TPSA) is 39.2 Å². The molecule has 2 N–H and O–H groups in total. The summed E-state index contributed by atoms with van der Waals surface area (Å²) < 4.78 is 6.14. The smallest absolute Gasteiger partial charge is 0.140 e. The first kappa shape index (κ1) is 15.9. The Morgan fingerprint density at radius 2 is 1.26 bits per heavy atom. The summed E-state index contributed by atoms with van der Waals surface area (Å²) in [6, 6.07) is 32.9. The third-order valence-corrected chi connectivity index (χ3v) is 5.15. The quantitative estimate of drug-likeness (QED) is 0.415. The highest BCUT2D eigenvalue weighted by Crippen LogP contribution is 2.34. The number of hydrogen-bond donors (Lipinski definition) is 1. The van der Waals surface area contributed by atoms with Gasteiger partial charge in [0.25, 0.3) is 0 Å². The van der Waals surface area contributed by atoms with Gasteiger partial charge in [-0.2, -0.15) is 0 Å². The first-order chi connectivity index (χ1) is 13.3. The van der Waals surface area contributed by atoms with Gasteiger partial charge in [0.1, 0.15) is 11.2 Å². The second-order valence-electron chi connectivity index (χ2n) is 6.79. The van der Waals surface area contributed by atoms with Crippen molar-refractivity contribution in [3.05, 3.63) is 108 Å². The zero-order valence-electron chi connectivity index (χ0n) is 14.8. The zero-order valence-corrected chi connectivity index (χ0v) is 14.8. The van der Waals surface area contributed by atoms with Crippen molar-refractivity contribution in [3.8, 4) is 11.1 Å². The lowest BCUT2D eigenvalue weighted by Crippen LogP contribution is -2.11. The zero-order chi connectivity index (χ0) is 18.2. The molecule has 1 heterocycles. The maximum atomic E-state index is 6.63.